The molecule has 0 heterocycles. The molecule has 0 bridgehead atoms. The minimum Gasteiger partial charge on any atom is -0.310 e. The third kappa shape index (κ3) is 4.45. The molecular weight excluding hydrogens is 218 g/mol. The summed E-state index contributed by atoms with van der Waals surface area (Å²) in [5.74, 6) is 0. The Morgan fingerprint density at radius 3 is 2.39 bits per heavy atom. The van der Waals surface area contributed by atoms with Crippen molar-refractivity contribution in [3.8, 4) is 0 Å². The van der Waals surface area contributed by atoms with Crippen molar-refractivity contribution in [3.63, 3.8) is 0 Å². The lowest BCUT2D eigenvalue weighted by molar-refractivity contribution is 0.683. The molecule has 0 saturated heterocycles. The van der Waals surface area contributed by atoms with Gasteiger partial charge in [0.15, 0.2) is 0 Å². The molecule has 0 aromatic heterocycles. The molecule has 1 saturated carbocycles. The molecule has 1 heteroatoms. The summed E-state index contributed by atoms with van der Waals surface area (Å²) >= 11 is 0. The van der Waals surface area contributed by atoms with Crippen molar-refractivity contribution in [1.29, 1.82) is 0 Å². The summed E-state index contributed by atoms with van der Waals surface area (Å²) < 4.78 is 0. The molecule has 1 aromatic carbocycles. The first kappa shape index (κ1) is 13.6. The largest absolute Gasteiger partial charge is 0.310 e. The summed E-state index contributed by atoms with van der Waals surface area (Å²) in [5.41, 5.74) is 4.51. The van der Waals surface area contributed by atoms with Gasteiger partial charge in [0.2, 0.25) is 0 Å². The lowest BCUT2D eigenvalue weighted by Crippen LogP contribution is -2.15. The van der Waals surface area contributed by atoms with Crippen LogP contribution in [0.15, 0.2) is 18.2 Å². The van der Waals surface area contributed by atoms with E-state index in [9.17, 15) is 0 Å². The Balaban J connectivity index is 1.95. The normalized spacial score (nSPS) is 15.0. The summed E-state index contributed by atoms with van der Waals surface area (Å²) in [6.45, 7) is 5.58. The Kier molecular flexibility index (Phi) is 5.25. The maximum atomic E-state index is 3.62. The molecule has 1 aliphatic carbocycles. The smallest absolute Gasteiger partial charge is 0.0208 e. The molecule has 0 amide bonds. The summed E-state index contributed by atoms with van der Waals surface area (Å²) in [6, 6.07) is 7.98. The first-order valence-corrected chi connectivity index (χ1v) is 7.67. The van der Waals surface area contributed by atoms with E-state index in [4.69, 9.17) is 0 Å². The Hall–Kier alpha value is -0.820. The number of benzene rings is 1. The minimum absolute atomic E-state index is 0.804. The first-order chi connectivity index (χ1) is 8.81. The van der Waals surface area contributed by atoms with Crippen LogP contribution in [-0.4, -0.2) is 6.04 Å². The second-order valence-corrected chi connectivity index (χ2v) is 5.62. The van der Waals surface area contributed by atoms with Crippen LogP contribution in [-0.2, 0) is 19.4 Å². The van der Waals surface area contributed by atoms with Crippen LogP contribution < -0.4 is 5.32 Å². The highest BCUT2D eigenvalue weighted by Gasteiger charge is 2.19. The van der Waals surface area contributed by atoms with Crippen LogP contribution in [0.1, 0.15) is 62.6 Å². The van der Waals surface area contributed by atoms with E-state index >= 15 is 0 Å². The second kappa shape index (κ2) is 6.94. The van der Waals surface area contributed by atoms with Crippen molar-refractivity contribution in [1.82, 2.24) is 5.32 Å². The van der Waals surface area contributed by atoms with Crippen LogP contribution in [0.3, 0.4) is 0 Å². The van der Waals surface area contributed by atoms with Gasteiger partial charge in [0.1, 0.15) is 0 Å². The Morgan fingerprint density at radius 1 is 1.00 bits per heavy atom. The van der Waals surface area contributed by atoms with E-state index in [-0.39, 0.29) is 0 Å². The van der Waals surface area contributed by atoms with E-state index in [2.05, 4.69) is 37.4 Å². The predicted molar refractivity (Wildman–Crippen MR) is 78.9 cm³/mol. The van der Waals surface area contributed by atoms with Gasteiger partial charge < -0.3 is 5.32 Å². The van der Waals surface area contributed by atoms with Crippen molar-refractivity contribution in [3.05, 3.63) is 34.9 Å². The summed E-state index contributed by atoms with van der Waals surface area (Å²) in [6.07, 6.45) is 9.14. The average molecular weight is 245 g/mol. The fourth-order valence-electron chi connectivity index (χ4n) is 2.42. The molecule has 0 atom stereocenters. The Bertz CT molecular complexity index is 366. The molecule has 0 spiro atoms. The maximum absolute atomic E-state index is 3.62. The summed E-state index contributed by atoms with van der Waals surface area (Å²) in [5, 5.41) is 3.62. The van der Waals surface area contributed by atoms with Gasteiger partial charge in [-0.05, 0) is 48.8 Å². The number of hydrogen-bond donors (Lipinski definition) is 1. The number of unbranched alkanes of at least 4 members (excludes halogenated alkanes) is 2. The fraction of sp³-hybridized carbons (Fsp3) is 0.647. The van der Waals surface area contributed by atoms with Crippen molar-refractivity contribution < 1.29 is 0 Å². The van der Waals surface area contributed by atoms with Crippen molar-refractivity contribution in [2.75, 3.05) is 0 Å². The average Bonchev–Trinajstić information content (AvgIpc) is 3.20. The molecule has 0 unspecified atom stereocenters. The van der Waals surface area contributed by atoms with E-state index in [0.717, 1.165) is 19.0 Å². The van der Waals surface area contributed by atoms with Crippen LogP contribution in [0.25, 0.3) is 0 Å². The highest BCUT2D eigenvalue weighted by atomic mass is 14.9. The lowest BCUT2D eigenvalue weighted by atomic mass is 10.00. The zero-order valence-corrected chi connectivity index (χ0v) is 12.0. The van der Waals surface area contributed by atoms with Gasteiger partial charge in [0.25, 0.3) is 0 Å². The van der Waals surface area contributed by atoms with Crippen LogP contribution in [0.4, 0.5) is 0 Å². The van der Waals surface area contributed by atoms with E-state index in [0.29, 0.717) is 0 Å². The summed E-state index contributed by atoms with van der Waals surface area (Å²) in [4.78, 5) is 0. The van der Waals surface area contributed by atoms with Crippen molar-refractivity contribution in [2.45, 2.75) is 71.4 Å². The minimum atomic E-state index is 0.804. The molecule has 18 heavy (non-hydrogen) atoms. The molecule has 1 fully saturated rings. The zero-order chi connectivity index (χ0) is 12.8. The van der Waals surface area contributed by atoms with Crippen molar-refractivity contribution >= 4 is 0 Å². The quantitative estimate of drug-likeness (QED) is 0.676. The second-order valence-electron chi connectivity index (χ2n) is 5.62. The third-order valence-electron chi connectivity index (χ3n) is 3.76. The van der Waals surface area contributed by atoms with Crippen LogP contribution in [0.2, 0.25) is 0 Å². The SMILES string of the molecule is CCCCCc1cc(CC)cc(CNC2CC2)c1. The molecule has 100 valence electrons. The summed E-state index contributed by atoms with van der Waals surface area (Å²) in [7, 11) is 0. The zero-order valence-electron chi connectivity index (χ0n) is 12.0. The highest BCUT2D eigenvalue weighted by molar-refractivity contribution is 5.30. The topological polar surface area (TPSA) is 12.0 Å². The third-order valence-corrected chi connectivity index (χ3v) is 3.76. The van der Waals surface area contributed by atoms with Crippen LogP contribution in [0, 0.1) is 0 Å². The van der Waals surface area contributed by atoms with Gasteiger partial charge in [-0.3, -0.25) is 0 Å². The molecule has 1 aromatic rings. The van der Waals surface area contributed by atoms with E-state index < -0.39 is 0 Å². The maximum Gasteiger partial charge on any atom is 0.0208 e. The van der Waals surface area contributed by atoms with Crippen LogP contribution in [0.5, 0.6) is 0 Å². The highest BCUT2D eigenvalue weighted by Crippen LogP contribution is 2.20. The molecule has 1 aliphatic rings. The van der Waals surface area contributed by atoms with Crippen LogP contribution >= 0.6 is 0 Å². The van der Waals surface area contributed by atoms with Gasteiger partial charge in [0, 0.05) is 12.6 Å². The molecule has 1 N–H and O–H groups in total. The number of nitrogens with one attached hydrogen (secondary N) is 1. The monoisotopic (exact) mass is 245 g/mol. The Morgan fingerprint density at radius 2 is 1.72 bits per heavy atom. The molecule has 0 aliphatic heterocycles. The first-order valence-electron chi connectivity index (χ1n) is 7.67. The van der Waals surface area contributed by atoms with Gasteiger partial charge in [-0.1, -0.05) is 44.9 Å². The van der Waals surface area contributed by atoms with Gasteiger partial charge in [-0.25, -0.2) is 0 Å². The van der Waals surface area contributed by atoms with E-state index in [1.54, 1.807) is 0 Å². The van der Waals surface area contributed by atoms with Gasteiger partial charge >= 0.3 is 0 Å². The standard InChI is InChI=1S/C17H27N/c1-3-5-6-7-15-10-14(4-2)11-16(12-15)13-18-17-8-9-17/h10-12,17-18H,3-9,13H2,1-2H3. The fourth-order valence-corrected chi connectivity index (χ4v) is 2.42. The van der Waals surface area contributed by atoms with Gasteiger partial charge in [-0.15, -0.1) is 0 Å². The predicted octanol–water partition coefficient (Wildman–Crippen LogP) is 4.23. The Labute approximate surface area is 112 Å². The van der Waals surface area contributed by atoms with E-state index in [1.165, 1.54) is 55.2 Å². The number of aryl methyl sites for hydroxylation is 2. The molecule has 1 nitrogen and oxygen atoms in total. The van der Waals surface area contributed by atoms with E-state index in [1.807, 2.05) is 0 Å². The lowest BCUT2D eigenvalue weighted by Gasteiger charge is -2.09. The number of hydrogen-bond acceptors (Lipinski definition) is 1. The molecule has 2 rings (SSSR count). The molecule has 0 radical (unpaired) electrons. The van der Waals surface area contributed by atoms with Gasteiger partial charge in [0.05, 0.1) is 0 Å². The van der Waals surface area contributed by atoms with Gasteiger partial charge in [-0.2, -0.15) is 0 Å². The van der Waals surface area contributed by atoms with Crippen molar-refractivity contribution in [2.24, 2.45) is 0 Å². The number of rotatable bonds is 8. The molecular formula is C17H27N.